The van der Waals surface area contributed by atoms with Gasteiger partial charge in [-0.25, -0.2) is 10.2 Å². The average molecular weight is 387 g/mol. The first-order valence-electron chi connectivity index (χ1n) is 10.0. The number of anilines is 1. The summed E-state index contributed by atoms with van der Waals surface area (Å²) in [5.41, 5.74) is 6.50. The van der Waals surface area contributed by atoms with Gasteiger partial charge in [-0.2, -0.15) is 0 Å². The molecule has 2 heterocycles. The minimum atomic E-state index is -0.746. The van der Waals surface area contributed by atoms with Crippen LogP contribution >= 0.6 is 0 Å². The summed E-state index contributed by atoms with van der Waals surface area (Å²) in [5, 5.41) is 11.4. The van der Waals surface area contributed by atoms with Crippen molar-refractivity contribution in [2.45, 2.75) is 50.7 Å². The van der Waals surface area contributed by atoms with Crippen LogP contribution in [0.3, 0.4) is 0 Å². The number of allylic oxidation sites excluding steroid dienone is 2. The number of amides is 2. The molecule has 28 heavy (non-hydrogen) atoms. The van der Waals surface area contributed by atoms with Crippen molar-refractivity contribution in [2.24, 2.45) is 11.8 Å². The Labute approximate surface area is 165 Å². The van der Waals surface area contributed by atoms with Crippen molar-refractivity contribution in [3.05, 3.63) is 42.5 Å². The van der Waals surface area contributed by atoms with E-state index >= 15 is 0 Å². The Morgan fingerprint density at radius 2 is 1.86 bits per heavy atom. The summed E-state index contributed by atoms with van der Waals surface area (Å²) in [5.74, 6) is 0.0465. The molecular formula is C21H29N3O4. The summed E-state index contributed by atoms with van der Waals surface area (Å²) in [6, 6.07) is 9.03. The number of para-hydroxylation sites is 1. The molecule has 0 unspecified atom stereocenters. The molecule has 7 nitrogen and oxygen atoms in total. The van der Waals surface area contributed by atoms with Gasteiger partial charge in [-0.1, -0.05) is 30.4 Å². The summed E-state index contributed by atoms with van der Waals surface area (Å²) >= 11 is 0. The van der Waals surface area contributed by atoms with Gasteiger partial charge < -0.3 is 15.2 Å². The van der Waals surface area contributed by atoms with Crippen LogP contribution in [0.5, 0.6) is 0 Å². The first-order valence-corrected chi connectivity index (χ1v) is 10.0. The molecule has 0 aliphatic carbocycles. The summed E-state index contributed by atoms with van der Waals surface area (Å²) in [6.45, 7) is 0.668. The number of aliphatic carboxylic acids is 1. The number of carboxylic acid groups (broad SMARTS) is 1. The van der Waals surface area contributed by atoms with E-state index in [1.165, 1.54) is 0 Å². The minimum Gasteiger partial charge on any atom is -0.481 e. The Hall–Kier alpha value is -2.38. The quantitative estimate of drug-likeness (QED) is 0.280. The largest absolute Gasteiger partial charge is 0.481 e. The van der Waals surface area contributed by atoms with Gasteiger partial charge in [0.05, 0.1) is 12.2 Å². The van der Waals surface area contributed by atoms with Gasteiger partial charge in [0, 0.05) is 24.6 Å². The molecule has 1 aromatic carbocycles. The summed E-state index contributed by atoms with van der Waals surface area (Å²) in [4.78, 5) is 22.5. The summed E-state index contributed by atoms with van der Waals surface area (Å²) in [6.07, 6.45) is 9.54. The Morgan fingerprint density at radius 3 is 2.61 bits per heavy atom. The molecule has 2 saturated heterocycles. The number of fused-ring (bicyclic) bond motifs is 2. The number of hydrogen-bond donors (Lipinski definition) is 4. The Bertz CT molecular complexity index is 679. The van der Waals surface area contributed by atoms with Crippen LogP contribution in [0.25, 0.3) is 0 Å². The number of urea groups is 1. The molecule has 2 amide bonds. The average Bonchev–Trinajstić information content (AvgIpc) is 3.27. The number of carbonyl (C=O) groups is 2. The van der Waals surface area contributed by atoms with Crippen molar-refractivity contribution < 1.29 is 19.4 Å². The fourth-order valence-corrected chi connectivity index (χ4v) is 4.16. The van der Waals surface area contributed by atoms with Gasteiger partial charge in [0.1, 0.15) is 0 Å². The third-order valence-corrected chi connectivity index (χ3v) is 5.50. The van der Waals surface area contributed by atoms with Crippen molar-refractivity contribution in [3.8, 4) is 0 Å². The molecule has 152 valence electrons. The summed E-state index contributed by atoms with van der Waals surface area (Å²) < 4.78 is 6.08. The first kappa shape index (κ1) is 20.4. The molecule has 4 N–H and O–H groups in total. The molecule has 4 atom stereocenters. The number of ether oxygens (including phenoxy) is 1. The normalized spacial score (nSPS) is 25.9. The van der Waals surface area contributed by atoms with Crippen molar-refractivity contribution in [1.29, 1.82) is 0 Å². The zero-order valence-corrected chi connectivity index (χ0v) is 16.0. The first-order chi connectivity index (χ1) is 13.6. The molecular weight excluding hydrogens is 358 g/mol. The van der Waals surface area contributed by atoms with Crippen LogP contribution in [0.1, 0.15) is 38.5 Å². The SMILES string of the molecule is O=C(O)CCC/C=C\C[C@@H]1[C@@H](CNNC(=O)Nc2ccccc2)[C@H]2CC[C@H]1O2. The van der Waals surface area contributed by atoms with Crippen molar-refractivity contribution in [3.63, 3.8) is 0 Å². The lowest BCUT2D eigenvalue weighted by Gasteiger charge is -2.27. The second kappa shape index (κ2) is 10.2. The minimum absolute atomic E-state index is 0.213. The van der Waals surface area contributed by atoms with Crippen LogP contribution in [-0.4, -0.2) is 35.9 Å². The molecule has 1 aromatic rings. The number of nitrogens with one attached hydrogen (secondary N) is 3. The maximum absolute atomic E-state index is 12.0. The topological polar surface area (TPSA) is 99.7 Å². The Kier molecular flexibility index (Phi) is 7.45. The zero-order chi connectivity index (χ0) is 19.8. The van der Waals surface area contributed by atoms with Crippen LogP contribution in [0.4, 0.5) is 10.5 Å². The molecule has 0 spiro atoms. The lowest BCUT2D eigenvalue weighted by Crippen LogP contribution is -2.45. The van der Waals surface area contributed by atoms with Crippen molar-refractivity contribution in [2.75, 3.05) is 11.9 Å². The molecule has 7 heteroatoms. The van der Waals surface area contributed by atoms with E-state index in [0.29, 0.717) is 30.9 Å². The lowest BCUT2D eigenvalue weighted by molar-refractivity contribution is -0.137. The van der Waals surface area contributed by atoms with Crippen LogP contribution in [0.2, 0.25) is 0 Å². The van der Waals surface area contributed by atoms with Crippen LogP contribution < -0.4 is 16.2 Å². The van der Waals surface area contributed by atoms with Gasteiger partial charge in [-0.15, -0.1) is 0 Å². The molecule has 2 aliphatic rings. The third kappa shape index (κ3) is 5.81. The number of unbranched alkanes of at least 4 members (excludes halogenated alkanes) is 1. The number of carbonyl (C=O) groups excluding carboxylic acids is 1. The number of hydrazine groups is 1. The molecule has 3 rings (SSSR count). The van der Waals surface area contributed by atoms with Crippen LogP contribution in [0.15, 0.2) is 42.5 Å². The predicted molar refractivity (Wildman–Crippen MR) is 107 cm³/mol. The van der Waals surface area contributed by atoms with Gasteiger partial charge in [0.15, 0.2) is 0 Å². The molecule has 0 saturated carbocycles. The van der Waals surface area contributed by atoms with Crippen LogP contribution in [-0.2, 0) is 9.53 Å². The third-order valence-electron chi connectivity index (χ3n) is 5.50. The van der Waals surface area contributed by atoms with E-state index in [2.05, 4.69) is 28.3 Å². The smallest absolute Gasteiger partial charge is 0.333 e. The Balaban J connectivity index is 1.40. The van der Waals surface area contributed by atoms with Gasteiger partial charge in [-0.3, -0.25) is 10.2 Å². The van der Waals surface area contributed by atoms with E-state index in [4.69, 9.17) is 9.84 Å². The highest BCUT2D eigenvalue weighted by atomic mass is 16.5. The fraction of sp³-hybridized carbons (Fsp3) is 0.524. The van der Waals surface area contributed by atoms with Gasteiger partial charge >= 0.3 is 12.0 Å². The van der Waals surface area contributed by atoms with E-state index < -0.39 is 5.97 Å². The molecule has 2 aliphatic heterocycles. The van der Waals surface area contributed by atoms with E-state index in [-0.39, 0.29) is 18.6 Å². The van der Waals surface area contributed by atoms with Crippen LogP contribution in [0, 0.1) is 11.8 Å². The van der Waals surface area contributed by atoms with Gasteiger partial charge in [-0.05, 0) is 50.2 Å². The van der Waals surface area contributed by atoms with E-state index in [1.807, 2.05) is 30.3 Å². The maximum Gasteiger partial charge on any atom is 0.333 e. The monoisotopic (exact) mass is 387 g/mol. The maximum atomic E-state index is 12.0. The predicted octanol–water partition coefficient (Wildman–Crippen LogP) is 3.31. The highest BCUT2D eigenvalue weighted by molar-refractivity contribution is 5.88. The second-order valence-corrected chi connectivity index (χ2v) is 7.44. The second-order valence-electron chi connectivity index (χ2n) is 7.44. The van der Waals surface area contributed by atoms with Crippen molar-refractivity contribution in [1.82, 2.24) is 10.9 Å². The van der Waals surface area contributed by atoms with Gasteiger partial charge in [0.25, 0.3) is 0 Å². The molecule has 0 aromatic heterocycles. The number of benzene rings is 1. The van der Waals surface area contributed by atoms with E-state index in [9.17, 15) is 9.59 Å². The van der Waals surface area contributed by atoms with Crippen molar-refractivity contribution >= 4 is 17.7 Å². The molecule has 0 radical (unpaired) electrons. The zero-order valence-electron chi connectivity index (χ0n) is 16.0. The Morgan fingerprint density at radius 1 is 1.11 bits per heavy atom. The van der Waals surface area contributed by atoms with E-state index in [1.54, 1.807) is 0 Å². The number of rotatable bonds is 10. The summed E-state index contributed by atoms with van der Waals surface area (Å²) in [7, 11) is 0. The lowest BCUT2D eigenvalue weighted by atomic mass is 9.77. The number of hydrogen-bond acceptors (Lipinski definition) is 4. The fourth-order valence-electron chi connectivity index (χ4n) is 4.16. The highest BCUT2D eigenvalue weighted by Gasteiger charge is 2.47. The van der Waals surface area contributed by atoms with Gasteiger partial charge in [0.2, 0.25) is 0 Å². The highest BCUT2D eigenvalue weighted by Crippen LogP contribution is 2.44. The standard InChI is InChI=1S/C21H29N3O4/c25-20(26)11-7-2-1-6-10-16-17(19-13-12-18(16)28-19)14-22-24-21(27)23-15-8-4-3-5-9-15/h1,3-6,8-9,16-19,22H,2,7,10-14H2,(H,25,26)(H2,23,24,27)/b6-1-/t16-,17-,18-,19-/m1/s1. The molecule has 2 bridgehead atoms. The molecule has 2 fully saturated rings. The number of carboxylic acids is 1. The van der Waals surface area contributed by atoms with E-state index in [0.717, 1.165) is 31.4 Å².